The number of hydrazine groups is 1. The van der Waals surface area contributed by atoms with Crippen LogP contribution >= 0.6 is 8.03 Å². The molecule has 0 N–H and O–H groups in total. The summed E-state index contributed by atoms with van der Waals surface area (Å²) in [6.45, 7) is 17.4. The second-order valence-corrected chi connectivity index (χ2v) is 13.5. The zero-order chi connectivity index (χ0) is 33.1. The van der Waals surface area contributed by atoms with E-state index in [1.165, 1.54) is 23.3 Å². The molecule has 4 atom stereocenters. The van der Waals surface area contributed by atoms with E-state index in [1.54, 1.807) is 36.8 Å². The summed E-state index contributed by atoms with van der Waals surface area (Å²) in [5.41, 5.74) is -5.75. The highest BCUT2D eigenvalue weighted by atomic mass is 31.1. The van der Waals surface area contributed by atoms with Crippen molar-refractivity contribution >= 4 is 19.5 Å². The monoisotopic (exact) mass is 639 g/mol. The van der Waals surface area contributed by atoms with E-state index in [9.17, 15) is 9.46 Å². The molecule has 44 heavy (non-hydrogen) atoms. The van der Waals surface area contributed by atoms with Crippen LogP contribution in [0.4, 0.5) is 13.2 Å². The SMILES string of the molecule is CCN1N(CC)C(CC)([P+](=O)[O-])N2C3=CC(n4ccnc4)=C(C(F)(F)F)C(CC)(CC)C3(CC)C(CC)(CC)C(=O)C12CC. The van der Waals surface area contributed by atoms with E-state index in [-0.39, 0.29) is 43.6 Å². The number of likely N-dealkylation sites (N-methyl/N-ethyl adjacent to an activating group) is 1. The molecular weight excluding hydrogens is 590 g/mol. The summed E-state index contributed by atoms with van der Waals surface area (Å²) >= 11 is 0. The number of imidazole rings is 1. The number of Topliss-reactive ketones (excluding diaryl/α,β-unsaturated/α-hetero) is 1. The van der Waals surface area contributed by atoms with Crippen molar-refractivity contribution < 1.29 is 27.4 Å². The van der Waals surface area contributed by atoms with Crippen molar-refractivity contribution in [2.45, 2.75) is 125 Å². The number of aromatic nitrogens is 2. The van der Waals surface area contributed by atoms with Crippen LogP contribution in [0.5, 0.6) is 0 Å². The van der Waals surface area contributed by atoms with Gasteiger partial charge in [0.15, 0.2) is 11.4 Å². The highest BCUT2D eigenvalue weighted by molar-refractivity contribution is 7.38. The van der Waals surface area contributed by atoms with Gasteiger partial charge in [-0.3, -0.25) is 9.69 Å². The number of alkyl halides is 3. The Morgan fingerprint density at radius 3 is 1.77 bits per heavy atom. The molecule has 2 fully saturated rings. The fourth-order valence-corrected chi connectivity index (χ4v) is 11.5. The molecule has 4 rings (SSSR count). The molecule has 3 heterocycles. The minimum Gasteiger partial charge on any atom is -0.592 e. The molecule has 0 saturated carbocycles. The predicted octanol–water partition coefficient (Wildman–Crippen LogP) is 7.29. The number of carbonyl (C=O) groups excluding carboxylic acids is 1. The lowest BCUT2D eigenvalue weighted by Crippen LogP contribution is -2.77. The number of ketones is 1. The van der Waals surface area contributed by atoms with E-state index in [2.05, 4.69) is 4.98 Å². The van der Waals surface area contributed by atoms with Crippen LogP contribution in [0.15, 0.2) is 36.1 Å². The van der Waals surface area contributed by atoms with Gasteiger partial charge < -0.3 is 9.46 Å². The molecule has 4 unspecified atom stereocenters. The zero-order valence-corrected chi connectivity index (χ0v) is 28.6. The number of allylic oxidation sites excluding steroid dienone is 4. The van der Waals surface area contributed by atoms with Crippen LogP contribution in [0.3, 0.4) is 0 Å². The van der Waals surface area contributed by atoms with Crippen molar-refractivity contribution in [1.29, 1.82) is 0 Å². The van der Waals surface area contributed by atoms with Crippen molar-refractivity contribution in [3.8, 4) is 0 Å². The van der Waals surface area contributed by atoms with Gasteiger partial charge in [-0.1, -0.05) is 66.9 Å². The van der Waals surface area contributed by atoms with Gasteiger partial charge in [0.05, 0.1) is 17.6 Å². The lowest BCUT2D eigenvalue weighted by Gasteiger charge is -2.70. The average Bonchev–Trinajstić information content (AvgIpc) is 3.63. The van der Waals surface area contributed by atoms with Crippen LogP contribution in [0, 0.1) is 16.2 Å². The maximum atomic E-state index is 15.8. The quantitative estimate of drug-likeness (QED) is 0.235. The van der Waals surface area contributed by atoms with Crippen molar-refractivity contribution in [3.63, 3.8) is 0 Å². The maximum absolute atomic E-state index is 15.8. The van der Waals surface area contributed by atoms with Crippen LogP contribution in [0.25, 0.3) is 5.70 Å². The second-order valence-electron chi connectivity index (χ2n) is 12.2. The van der Waals surface area contributed by atoms with Gasteiger partial charge in [-0.05, 0) is 44.6 Å². The van der Waals surface area contributed by atoms with E-state index in [1.807, 2.05) is 46.6 Å². The van der Waals surface area contributed by atoms with Gasteiger partial charge in [0.25, 0.3) is 0 Å². The largest absolute Gasteiger partial charge is 0.592 e. The van der Waals surface area contributed by atoms with E-state index >= 15 is 18.0 Å². The van der Waals surface area contributed by atoms with Crippen LogP contribution in [0.2, 0.25) is 0 Å². The van der Waals surface area contributed by atoms with Crippen molar-refractivity contribution in [2.24, 2.45) is 16.2 Å². The van der Waals surface area contributed by atoms with Gasteiger partial charge in [-0.2, -0.15) is 18.2 Å². The standard InChI is InChI=1S/C32H49F3N5O3P/c1-10-27(11-2)25(32(33,34)35)23(37-20-19-36-22-37)21-24-29(27,14-5)28(12-3,13-4)26(41)30(15-6)38(17-8)39(18-9)31(16-7,40(24)30)44(42)43/h19-22H,10-18H2,1-9H3. The summed E-state index contributed by atoms with van der Waals surface area (Å²) in [5, 5.41) is 2.04. The van der Waals surface area contributed by atoms with Gasteiger partial charge >= 0.3 is 19.6 Å². The topological polar surface area (TPSA) is 84.7 Å². The number of halogens is 3. The van der Waals surface area contributed by atoms with E-state index < -0.39 is 47.1 Å². The zero-order valence-electron chi connectivity index (χ0n) is 27.7. The molecule has 246 valence electrons. The number of piperidine rings is 1. The van der Waals surface area contributed by atoms with E-state index in [0.717, 1.165) is 0 Å². The molecule has 0 bridgehead atoms. The van der Waals surface area contributed by atoms with Gasteiger partial charge in [-0.15, -0.1) is 0 Å². The number of nitrogens with zero attached hydrogens (tertiary/aromatic N) is 5. The second kappa shape index (κ2) is 11.6. The molecule has 3 aliphatic rings. The van der Waals surface area contributed by atoms with E-state index in [0.29, 0.717) is 31.6 Å². The van der Waals surface area contributed by atoms with Crippen molar-refractivity contribution in [2.75, 3.05) is 13.1 Å². The fraction of sp³-hybridized carbons (Fsp3) is 0.750. The third kappa shape index (κ3) is 3.70. The van der Waals surface area contributed by atoms with Crippen LogP contribution in [0.1, 0.15) is 107 Å². The number of fused-ring (bicyclic) bond motifs is 3. The number of rotatable bonds is 11. The summed E-state index contributed by atoms with van der Waals surface area (Å²) in [6.07, 6.45) is 2.64. The van der Waals surface area contributed by atoms with Crippen LogP contribution < -0.4 is 4.89 Å². The molecule has 0 aromatic carbocycles. The average molecular weight is 640 g/mol. The molecule has 1 aromatic rings. The Bertz CT molecular complexity index is 1340. The number of hydrogen-bond donors (Lipinski definition) is 0. The Kier molecular flexibility index (Phi) is 9.19. The first-order chi connectivity index (χ1) is 20.7. The first-order valence-corrected chi connectivity index (χ1v) is 17.5. The third-order valence-electron chi connectivity index (χ3n) is 11.8. The Labute approximate surface area is 261 Å². The van der Waals surface area contributed by atoms with Crippen LogP contribution in [-0.2, 0) is 9.36 Å². The molecule has 1 aliphatic carbocycles. The predicted molar refractivity (Wildman–Crippen MR) is 164 cm³/mol. The Morgan fingerprint density at radius 2 is 1.41 bits per heavy atom. The smallest absolute Gasteiger partial charge is 0.415 e. The molecule has 12 heteroatoms. The molecular formula is C32H49F3N5O3P. The minimum absolute atomic E-state index is 0.0673. The van der Waals surface area contributed by atoms with Crippen molar-refractivity contribution in [3.05, 3.63) is 36.1 Å². The first kappa shape index (κ1) is 34.8. The highest BCUT2D eigenvalue weighted by Gasteiger charge is 2.83. The molecule has 2 aliphatic heterocycles. The Balaban J connectivity index is 2.42. The molecule has 2 saturated heterocycles. The molecule has 8 nitrogen and oxygen atoms in total. The molecule has 1 aromatic heterocycles. The number of hydrogen-bond acceptors (Lipinski definition) is 7. The third-order valence-corrected chi connectivity index (χ3v) is 13.2. The summed E-state index contributed by atoms with van der Waals surface area (Å²) in [7, 11) is -3.24. The maximum Gasteiger partial charge on any atom is 0.415 e. The molecule has 0 radical (unpaired) electrons. The summed E-state index contributed by atoms with van der Waals surface area (Å²) in [5.74, 6) is -0.178. The first-order valence-electron chi connectivity index (χ1n) is 16.3. The van der Waals surface area contributed by atoms with Crippen molar-refractivity contribution in [1.82, 2.24) is 24.5 Å². The normalized spacial score (nSPS) is 30.8. The van der Waals surface area contributed by atoms with Gasteiger partial charge in [0, 0.05) is 53.8 Å². The van der Waals surface area contributed by atoms with Crippen LogP contribution in [-0.4, -0.2) is 60.6 Å². The minimum atomic E-state index is -4.73. The molecule has 0 spiro atoms. The van der Waals surface area contributed by atoms with Gasteiger partial charge in [-0.25, -0.2) is 9.99 Å². The lowest BCUT2D eigenvalue weighted by atomic mass is 9.38. The summed E-state index contributed by atoms with van der Waals surface area (Å²) in [6, 6.07) is 0. The molecule has 0 amide bonds. The Morgan fingerprint density at radius 1 is 0.841 bits per heavy atom. The Hall–Kier alpha value is -2.07. The fourth-order valence-electron chi connectivity index (χ4n) is 10.4. The van der Waals surface area contributed by atoms with Gasteiger partial charge in [0.1, 0.15) is 0 Å². The number of carbonyl (C=O) groups is 1. The van der Waals surface area contributed by atoms with Gasteiger partial charge in [0.2, 0.25) is 0 Å². The van der Waals surface area contributed by atoms with E-state index in [4.69, 9.17) is 0 Å². The summed E-state index contributed by atoms with van der Waals surface area (Å²) < 4.78 is 62.4. The summed E-state index contributed by atoms with van der Waals surface area (Å²) in [4.78, 5) is 35.4. The highest BCUT2D eigenvalue weighted by Crippen LogP contribution is 2.77. The lowest BCUT2D eigenvalue weighted by molar-refractivity contribution is -0.202.